The van der Waals surface area contributed by atoms with E-state index in [-0.39, 0.29) is 0 Å². The minimum absolute atomic E-state index is 0.796. The predicted octanol–water partition coefficient (Wildman–Crippen LogP) is 0.981. The van der Waals surface area contributed by atoms with Crippen LogP contribution < -0.4 is 5.32 Å². The van der Waals surface area contributed by atoms with E-state index in [2.05, 4.69) is 24.9 Å². The van der Waals surface area contributed by atoms with Crippen molar-refractivity contribution in [2.75, 3.05) is 34.4 Å². The third-order valence-electron chi connectivity index (χ3n) is 3.13. The number of nitrogens with one attached hydrogen (secondary N) is 1. The number of aryl methyl sites for hydroxylation is 1. The molecule has 1 aromatic rings. The van der Waals surface area contributed by atoms with Gasteiger partial charge in [0.25, 0.3) is 0 Å². The molecule has 0 radical (unpaired) electrons. The van der Waals surface area contributed by atoms with Crippen molar-refractivity contribution >= 4 is 11.6 Å². The number of nitrogens with zero attached hydrogens (tertiary/aromatic N) is 4. The van der Waals surface area contributed by atoms with E-state index >= 15 is 0 Å². The third kappa shape index (κ3) is 3.03. The second-order valence-electron chi connectivity index (χ2n) is 5.09. The van der Waals surface area contributed by atoms with Crippen LogP contribution in [0.25, 0.3) is 0 Å². The lowest BCUT2D eigenvalue weighted by atomic mass is 10.3. The molecule has 0 spiro atoms. The van der Waals surface area contributed by atoms with Crippen molar-refractivity contribution in [1.29, 1.82) is 0 Å². The smallest absolute Gasteiger partial charge is 0.0954 e. The van der Waals surface area contributed by atoms with Crippen LogP contribution in [-0.4, -0.2) is 53.9 Å². The molecule has 18 heavy (non-hydrogen) atoms. The molecule has 0 aliphatic carbocycles. The Morgan fingerprint density at radius 3 is 2.83 bits per heavy atom. The molecular weight excluding hydrogens is 250 g/mol. The van der Waals surface area contributed by atoms with Gasteiger partial charge in [0, 0.05) is 32.8 Å². The minimum Gasteiger partial charge on any atom is -0.307 e. The average Bonchev–Trinajstić information content (AvgIpc) is 2.50. The Labute approximate surface area is 114 Å². The zero-order chi connectivity index (χ0) is 13.1. The summed E-state index contributed by atoms with van der Waals surface area (Å²) in [5, 5.41) is 8.68. The molecule has 102 valence electrons. The van der Waals surface area contributed by atoms with E-state index in [9.17, 15) is 0 Å². The second kappa shape index (κ2) is 6.02. The highest BCUT2D eigenvalue weighted by atomic mass is 35.5. The van der Waals surface area contributed by atoms with Crippen molar-refractivity contribution in [1.82, 2.24) is 24.9 Å². The summed E-state index contributed by atoms with van der Waals surface area (Å²) in [6.07, 6.45) is 1.12. The highest BCUT2D eigenvalue weighted by Crippen LogP contribution is 2.25. The maximum atomic E-state index is 6.47. The molecule has 1 N–H and O–H groups in total. The number of hydrogen-bond acceptors (Lipinski definition) is 4. The van der Waals surface area contributed by atoms with Gasteiger partial charge in [0.05, 0.1) is 16.4 Å². The lowest BCUT2D eigenvalue weighted by Crippen LogP contribution is -2.32. The Morgan fingerprint density at radius 1 is 1.39 bits per heavy atom. The highest BCUT2D eigenvalue weighted by Gasteiger charge is 2.21. The van der Waals surface area contributed by atoms with Gasteiger partial charge in [-0.05, 0) is 27.6 Å². The van der Waals surface area contributed by atoms with Gasteiger partial charge in [-0.15, -0.1) is 0 Å². The summed E-state index contributed by atoms with van der Waals surface area (Å²) in [6.45, 7) is 4.61. The van der Waals surface area contributed by atoms with E-state index < -0.39 is 0 Å². The SMILES string of the molecule is CNCN1CCCn2nc(CN(C)C)c(Cl)c2C1. The minimum atomic E-state index is 0.796. The topological polar surface area (TPSA) is 36.3 Å². The normalized spacial score (nSPS) is 16.9. The van der Waals surface area contributed by atoms with Crippen molar-refractivity contribution < 1.29 is 0 Å². The van der Waals surface area contributed by atoms with Crippen molar-refractivity contribution in [2.45, 2.75) is 26.1 Å². The van der Waals surface area contributed by atoms with Crippen molar-refractivity contribution in [3.05, 3.63) is 16.4 Å². The lowest BCUT2D eigenvalue weighted by Gasteiger charge is -2.18. The first-order valence-electron chi connectivity index (χ1n) is 6.37. The van der Waals surface area contributed by atoms with E-state index in [1.54, 1.807) is 0 Å². The molecule has 0 bridgehead atoms. The van der Waals surface area contributed by atoms with E-state index in [4.69, 9.17) is 11.6 Å². The maximum absolute atomic E-state index is 6.47. The molecule has 0 atom stereocenters. The Kier molecular flexibility index (Phi) is 4.61. The maximum Gasteiger partial charge on any atom is 0.0954 e. The Balaban J connectivity index is 2.21. The summed E-state index contributed by atoms with van der Waals surface area (Å²) in [6, 6.07) is 0. The van der Waals surface area contributed by atoms with Crippen LogP contribution in [0.4, 0.5) is 0 Å². The molecule has 1 aromatic heterocycles. The largest absolute Gasteiger partial charge is 0.307 e. The van der Waals surface area contributed by atoms with Crippen LogP contribution in [-0.2, 0) is 19.6 Å². The first-order valence-corrected chi connectivity index (χ1v) is 6.75. The van der Waals surface area contributed by atoms with Gasteiger partial charge in [0.15, 0.2) is 0 Å². The standard InChI is InChI=1S/C12H22ClN5/c1-14-9-17-5-4-6-18-11(8-17)12(13)10(15-18)7-16(2)3/h14H,4-9H2,1-3H3. The Hall–Kier alpha value is -0.620. The molecule has 2 rings (SSSR count). The Morgan fingerprint density at radius 2 is 2.17 bits per heavy atom. The van der Waals surface area contributed by atoms with Crippen molar-refractivity contribution in [2.24, 2.45) is 0 Å². The summed E-state index contributed by atoms with van der Waals surface area (Å²) in [5.41, 5.74) is 2.14. The summed E-state index contributed by atoms with van der Waals surface area (Å²) in [5.74, 6) is 0. The average molecular weight is 272 g/mol. The van der Waals surface area contributed by atoms with Crippen LogP contribution in [0.1, 0.15) is 17.8 Å². The van der Waals surface area contributed by atoms with Crippen LogP contribution in [0.15, 0.2) is 0 Å². The van der Waals surface area contributed by atoms with E-state index in [0.717, 1.165) is 55.7 Å². The van der Waals surface area contributed by atoms with Gasteiger partial charge in [-0.25, -0.2) is 0 Å². The van der Waals surface area contributed by atoms with Crippen molar-refractivity contribution in [3.63, 3.8) is 0 Å². The number of halogens is 1. The van der Waals surface area contributed by atoms with Gasteiger partial charge < -0.3 is 10.2 Å². The van der Waals surface area contributed by atoms with E-state index in [0.29, 0.717) is 0 Å². The second-order valence-corrected chi connectivity index (χ2v) is 5.46. The van der Waals surface area contributed by atoms with Crippen LogP contribution in [0.5, 0.6) is 0 Å². The molecule has 0 amide bonds. The fraction of sp³-hybridized carbons (Fsp3) is 0.750. The fourth-order valence-electron chi connectivity index (χ4n) is 2.36. The van der Waals surface area contributed by atoms with Crippen LogP contribution in [0.3, 0.4) is 0 Å². The summed E-state index contributed by atoms with van der Waals surface area (Å²) < 4.78 is 2.08. The van der Waals surface area contributed by atoms with Crippen LogP contribution >= 0.6 is 11.6 Å². The van der Waals surface area contributed by atoms with E-state index in [1.165, 1.54) is 0 Å². The molecule has 0 saturated carbocycles. The number of aromatic nitrogens is 2. The first kappa shape index (κ1) is 13.8. The van der Waals surface area contributed by atoms with Gasteiger partial charge in [-0.2, -0.15) is 5.10 Å². The third-order valence-corrected chi connectivity index (χ3v) is 3.56. The number of fused-ring (bicyclic) bond motifs is 1. The summed E-state index contributed by atoms with van der Waals surface area (Å²) in [7, 11) is 6.05. The molecule has 0 aromatic carbocycles. The molecule has 1 aliphatic rings. The molecule has 5 nitrogen and oxygen atoms in total. The summed E-state index contributed by atoms with van der Waals surface area (Å²) in [4.78, 5) is 4.46. The van der Waals surface area contributed by atoms with Gasteiger partial charge >= 0.3 is 0 Å². The highest BCUT2D eigenvalue weighted by molar-refractivity contribution is 6.31. The van der Waals surface area contributed by atoms with Gasteiger partial charge in [0.1, 0.15) is 0 Å². The molecular formula is C12H22ClN5. The molecule has 6 heteroatoms. The van der Waals surface area contributed by atoms with Crippen LogP contribution in [0, 0.1) is 0 Å². The molecule has 1 aliphatic heterocycles. The molecule has 2 heterocycles. The zero-order valence-corrected chi connectivity index (χ0v) is 12.2. The van der Waals surface area contributed by atoms with Gasteiger partial charge in [0.2, 0.25) is 0 Å². The zero-order valence-electron chi connectivity index (χ0n) is 11.4. The number of rotatable bonds is 4. The predicted molar refractivity (Wildman–Crippen MR) is 73.6 cm³/mol. The molecule has 0 saturated heterocycles. The van der Waals surface area contributed by atoms with E-state index in [1.807, 2.05) is 21.1 Å². The van der Waals surface area contributed by atoms with Crippen LogP contribution in [0.2, 0.25) is 5.02 Å². The summed E-state index contributed by atoms with van der Waals surface area (Å²) >= 11 is 6.47. The number of hydrogen-bond donors (Lipinski definition) is 1. The molecule has 0 unspecified atom stereocenters. The quantitative estimate of drug-likeness (QED) is 0.886. The lowest BCUT2D eigenvalue weighted by molar-refractivity contribution is 0.256. The Bertz CT molecular complexity index is 401. The fourth-order valence-corrected chi connectivity index (χ4v) is 2.61. The van der Waals surface area contributed by atoms with Crippen molar-refractivity contribution in [3.8, 4) is 0 Å². The monoisotopic (exact) mass is 271 g/mol. The first-order chi connectivity index (χ1) is 8.61. The van der Waals surface area contributed by atoms with Gasteiger partial charge in [-0.3, -0.25) is 9.58 Å². The molecule has 0 fully saturated rings. The van der Waals surface area contributed by atoms with Gasteiger partial charge in [-0.1, -0.05) is 11.6 Å².